The van der Waals surface area contributed by atoms with Gasteiger partial charge in [0.25, 0.3) is 5.89 Å². The van der Waals surface area contributed by atoms with Crippen LogP contribution in [0, 0.1) is 27.3 Å². The Morgan fingerprint density at radius 1 is 1.14 bits per heavy atom. The van der Waals surface area contributed by atoms with Crippen molar-refractivity contribution in [2.45, 2.75) is 33.5 Å². The van der Waals surface area contributed by atoms with E-state index in [-0.39, 0.29) is 17.8 Å². The molecule has 4 aromatic rings. The topological polar surface area (TPSA) is 74.2 Å². The van der Waals surface area contributed by atoms with Crippen molar-refractivity contribution in [1.29, 1.82) is 0 Å². The third kappa shape index (κ3) is 3.04. The number of hydrogen-bond donors (Lipinski definition) is 0. The summed E-state index contributed by atoms with van der Waals surface area (Å²) in [6, 6.07) is 4.10. The molecule has 0 spiro atoms. The van der Waals surface area contributed by atoms with Crippen LogP contribution in [0.3, 0.4) is 0 Å². The lowest BCUT2D eigenvalue weighted by Gasteiger charge is -2.11. The molecule has 10 heteroatoms. The van der Waals surface area contributed by atoms with Crippen LogP contribution in [0.15, 0.2) is 27.2 Å². The Hall–Kier alpha value is -3.61. The molecule has 1 aromatic carbocycles. The predicted octanol–water partition coefficient (Wildman–Crippen LogP) is 5.22. The van der Waals surface area contributed by atoms with Crippen molar-refractivity contribution in [2.75, 3.05) is 0 Å². The van der Waals surface area contributed by atoms with Crippen LogP contribution in [-0.2, 0) is 12.7 Å². The normalized spacial score (nSPS) is 11.9. The first-order valence-corrected chi connectivity index (χ1v) is 8.54. The SMILES string of the molecule is [C-]#[N+]c1ccc2c(cc(C)n2Cc2noc(-c3c(C)noc3C)n2)c1C(F)(F)F. The first-order chi connectivity index (χ1) is 13.7. The second-order valence-electron chi connectivity index (χ2n) is 6.59. The van der Waals surface area contributed by atoms with Gasteiger partial charge in [-0.2, -0.15) is 18.2 Å². The largest absolute Gasteiger partial charge is 0.408 e. The molecule has 0 aliphatic heterocycles. The second kappa shape index (κ2) is 6.48. The molecule has 3 aromatic heterocycles. The molecule has 0 N–H and O–H groups in total. The summed E-state index contributed by atoms with van der Waals surface area (Å²) < 4.78 is 52.7. The van der Waals surface area contributed by atoms with Crippen LogP contribution in [-0.4, -0.2) is 19.9 Å². The molecule has 4 rings (SSSR count). The van der Waals surface area contributed by atoms with Crippen molar-refractivity contribution in [3.05, 3.63) is 58.2 Å². The van der Waals surface area contributed by atoms with E-state index in [1.807, 2.05) is 0 Å². The van der Waals surface area contributed by atoms with Gasteiger partial charge in [-0.15, -0.1) is 0 Å². The highest BCUT2D eigenvalue weighted by Gasteiger charge is 2.36. The molecular formula is C19H14F3N5O2. The quantitative estimate of drug-likeness (QED) is 0.440. The van der Waals surface area contributed by atoms with E-state index in [1.165, 1.54) is 18.2 Å². The van der Waals surface area contributed by atoms with Gasteiger partial charge in [0.15, 0.2) is 11.5 Å². The number of fused-ring (bicyclic) bond motifs is 1. The van der Waals surface area contributed by atoms with E-state index >= 15 is 0 Å². The van der Waals surface area contributed by atoms with Crippen LogP contribution in [0.1, 0.15) is 28.5 Å². The van der Waals surface area contributed by atoms with E-state index in [0.29, 0.717) is 34.1 Å². The molecule has 0 atom stereocenters. The molecule has 0 fully saturated rings. The highest BCUT2D eigenvalue weighted by atomic mass is 19.4. The van der Waals surface area contributed by atoms with Crippen molar-refractivity contribution in [1.82, 2.24) is 19.9 Å². The van der Waals surface area contributed by atoms with Crippen molar-refractivity contribution in [3.8, 4) is 11.5 Å². The van der Waals surface area contributed by atoms with Gasteiger partial charge in [0.2, 0.25) is 0 Å². The number of alkyl halides is 3. The number of aromatic nitrogens is 4. The molecule has 0 saturated heterocycles. The molecule has 0 unspecified atom stereocenters. The van der Waals surface area contributed by atoms with Crippen LogP contribution in [0.4, 0.5) is 18.9 Å². The highest BCUT2D eigenvalue weighted by molar-refractivity contribution is 5.90. The Kier molecular flexibility index (Phi) is 4.19. The number of hydrogen-bond acceptors (Lipinski definition) is 5. The lowest BCUT2D eigenvalue weighted by molar-refractivity contribution is -0.135. The van der Waals surface area contributed by atoms with Gasteiger partial charge in [0, 0.05) is 16.6 Å². The van der Waals surface area contributed by atoms with E-state index in [4.69, 9.17) is 15.6 Å². The summed E-state index contributed by atoms with van der Waals surface area (Å²) in [6.07, 6.45) is -4.64. The summed E-state index contributed by atoms with van der Waals surface area (Å²) in [4.78, 5) is 7.36. The van der Waals surface area contributed by atoms with Crippen LogP contribution in [0.5, 0.6) is 0 Å². The predicted molar refractivity (Wildman–Crippen MR) is 96.3 cm³/mol. The summed E-state index contributed by atoms with van der Waals surface area (Å²) in [6.45, 7) is 12.3. The van der Waals surface area contributed by atoms with Crippen molar-refractivity contribution >= 4 is 16.6 Å². The zero-order chi connectivity index (χ0) is 20.9. The Morgan fingerprint density at radius 3 is 2.52 bits per heavy atom. The summed E-state index contributed by atoms with van der Waals surface area (Å²) in [5.74, 6) is 1.06. The number of nitrogens with zero attached hydrogens (tertiary/aromatic N) is 5. The lowest BCUT2D eigenvalue weighted by Crippen LogP contribution is -2.07. The van der Waals surface area contributed by atoms with Gasteiger partial charge in [-0.25, -0.2) is 4.85 Å². The second-order valence-corrected chi connectivity index (χ2v) is 6.59. The third-order valence-corrected chi connectivity index (χ3v) is 4.69. The number of benzene rings is 1. The van der Waals surface area contributed by atoms with Gasteiger partial charge in [0.05, 0.1) is 24.4 Å². The average molecular weight is 401 g/mol. The fraction of sp³-hybridized carbons (Fsp3) is 0.263. The monoisotopic (exact) mass is 401 g/mol. The molecule has 0 aliphatic carbocycles. The minimum absolute atomic E-state index is 0.0297. The molecule has 3 heterocycles. The minimum atomic E-state index is -4.64. The van der Waals surface area contributed by atoms with E-state index in [9.17, 15) is 13.2 Å². The molecule has 148 valence electrons. The standard InChI is InChI=1S/C19H14F3N5O2/c1-9-7-12-14(6-5-13(23-4)17(12)19(20,21)22)27(9)8-15-24-18(29-26-15)16-10(2)25-28-11(16)3/h5-7H,8H2,1-3H3. The molecule has 29 heavy (non-hydrogen) atoms. The Bertz CT molecular complexity index is 1250. The Labute approximate surface area is 162 Å². The zero-order valence-electron chi connectivity index (χ0n) is 15.6. The van der Waals surface area contributed by atoms with Gasteiger partial charge in [-0.05, 0) is 32.9 Å². The number of aryl methyl sites for hydroxylation is 3. The molecule has 0 radical (unpaired) electrons. The van der Waals surface area contributed by atoms with E-state index in [0.717, 1.165) is 0 Å². The van der Waals surface area contributed by atoms with Gasteiger partial charge in [-0.1, -0.05) is 16.4 Å². The van der Waals surface area contributed by atoms with Gasteiger partial charge in [0.1, 0.15) is 11.3 Å². The van der Waals surface area contributed by atoms with Gasteiger partial charge < -0.3 is 13.6 Å². The maximum atomic E-state index is 13.6. The smallest absolute Gasteiger partial charge is 0.361 e. The van der Waals surface area contributed by atoms with Crippen molar-refractivity contribution < 1.29 is 22.2 Å². The third-order valence-electron chi connectivity index (χ3n) is 4.69. The highest BCUT2D eigenvalue weighted by Crippen LogP contribution is 2.42. The molecule has 0 amide bonds. The summed E-state index contributed by atoms with van der Waals surface area (Å²) in [7, 11) is 0. The fourth-order valence-electron chi connectivity index (χ4n) is 3.41. The maximum Gasteiger partial charge on any atom is 0.408 e. The van der Waals surface area contributed by atoms with Crippen molar-refractivity contribution in [2.24, 2.45) is 0 Å². The fourth-order valence-corrected chi connectivity index (χ4v) is 3.41. The average Bonchev–Trinajstić information content (AvgIpc) is 3.32. The molecular weight excluding hydrogens is 387 g/mol. The molecule has 0 saturated carbocycles. The molecule has 0 aliphatic rings. The summed E-state index contributed by atoms with van der Waals surface area (Å²) >= 11 is 0. The number of halogens is 3. The van der Waals surface area contributed by atoms with Crippen LogP contribution < -0.4 is 0 Å². The Balaban J connectivity index is 1.79. The van der Waals surface area contributed by atoms with Gasteiger partial charge >= 0.3 is 6.18 Å². The summed E-state index contributed by atoms with van der Waals surface area (Å²) in [5.41, 5.74) is 0.752. The lowest BCUT2D eigenvalue weighted by atomic mass is 10.1. The van der Waals surface area contributed by atoms with Gasteiger partial charge in [-0.3, -0.25) is 0 Å². The molecule has 7 nitrogen and oxygen atoms in total. The first kappa shape index (κ1) is 18.7. The van der Waals surface area contributed by atoms with Crippen LogP contribution >= 0.6 is 0 Å². The first-order valence-electron chi connectivity index (χ1n) is 8.54. The molecule has 0 bridgehead atoms. The van der Waals surface area contributed by atoms with E-state index < -0.39 is 17.4 Å². The zero-order valence-corrected chi connectivity index (χ0v) is 15.6. The maximum absolute atomic E-state index is 13.6. The van der Waals surface area contributed by atoms with Crippen LogP contribution in [0.25, 0.3) is 27.2 Å². The van der Waals surface area contributed by atoms with E-state index in [2.05, 4.69) is 20.1 Å². The van der Waals surface area contributed by atoms with E-state index in [1.54, 1.807) is 25.3 Å². The summed E-state index contributed by atoms with van der Waals surface area (Å²) in [5, 5.41) is 7.75. The Morgan fingerprint density at radius 2 is 1.90 bits per heavy atom. The van der Waals surface area contributed by atoms with Crippen molar-refractivity contribution in [3.63, 3.8) is 0 Å². The van der Waals surface area contributed by atoms with Crippen LogP contribution in [0.2, 0.25) is 0 Å². The minimum Gasteiger partial charge on any atom is -0.361 e. The number of rotatable bonds is 3.